The average molecular weight is 384 g/mol. The van der Waals surface area contributed by atoms with Crippen molar-refractivity contribution in [3.8, 4) is 0 Å². The fourth-order valence-electron chi connectivity index (χ4n) is 2.88. The number of benzene rings is 1. The third-order valence-electron chi connectivity index (χ3n) is 4.59. The molecule has 3 aromatic rings. The van der Waals surface area contributed by atoms with Crippen molar-refractivity contribution in [2.45, 2.75) is 44.5 Å². The molecule has 0 spiro atoms. The Bertz CT molecular complexity index is 945. The summed E-state index contributed by atoms with van der Waals surface area (Å²) in [6, 6.07) is 10.3. The molecule has 27 heavy (non-hydrogen) atoms. The molecule has 7 heteroatoms. The Morgan fingerprint density at radius 1 is 1.26 bits per heavy atom. The summed E-state index contributed by atoms with van der Waals surface area (Å²) in [4.78, 5) is 20.6. The molecular weight excluding hydrogens is 358 g/mol. The van der Waals surface area contributed by atoms with Crippen molar-refractivity contribution in [3.63, 3.8) is 0 Å². The maximum atomic E-state index is 12.6. The molecule has 0 fully saturated rings. The van der Waals surface area contributed by atoms with E-state index in [9.17, 15) is 4.79 Å². The second kappa shape index (κ2) is 8.00. The topological polar surface area (TPSA) is 75.6 Å². The number of H-pyrrole nitrogens is 1. The molecule has 0 aliphatic carbocycles. The molecular formula is C20H25N5OS. The lowest BCUT2D eigenvalue weighted by molar-refractivity contribution is -0.115. The molecule has 0 saturated carbocycles. The van der Waals surface area contributed by atoms with E-state index in [0.717, 1.165) is 40.0 Å². The van der Waals surface area contributed by atoms with Crippen molar-refractivity contribution in [3.05, 3.63) is 58.7 Å². The fourth-order valence-corrected chi connectivity index (χ4v) is 3.76. The van der Waals surface area contributed by atoms with Crippen LogP contribution in [-0.4, -0.2) is 30.9 Å². The van der Waals surface area contributed by atoms with Crippen molar-refractivity contribution in [1.29, 1.82) is 0 Å². The van der Waals surface area contributed by atoms with E-state index in [1.54, 1.807) is 4.68 Å². The normalized spacial score (nSPS) is 12.2. The van der Waals surface area contributed by atoms with E-state index in [1.807, 2.05) is 52.9 Å². The maximum absolute atomic E-state index is 12.6. The first-order valence-corrected chi connectivity index (χ1v) is 9.80. The van der Waals surface area contributed by atoms with Gasteiger partial charge in [-0.05, 0) is 33.3 Å². The van der Waals surface area contributed by atoms with E-state index in [2.05, 4.69) is 32.5 Å². The van der Waals surface area contributed by atoms with Gasteiger partial charge in [-0.1, -0.05) is 42.1 Å². The minimum absolute atomic E-state index is 0.0575. The second-order valence-corrected chi connectivity index (χ2v) is 8.02. The van der Waals surface area contributed by atoms with Gasteiger partial charge < -0.3 is 10.3 Å². The number of carbonyl (C=O) groups is 1. The first kappa shape index (κ1) is 19.2. The minimum Gasteiger partial charge on any atom is -0.337 e. The number of hydrogen-bond donors (Lipinski definition) is 2. The molecule has 2 aromatic heterocycles. The summed E-state index contributed by atoms with van der Waals surface area (Å²) in [7, 11) is 1.87. The predicted octanol–water partition coefficient (Wildman–Crippen LogP) is 3.78. The number of aromatic amines is 1. The average Bonchev–Trinajstić information content (AvgIpc) is 3.09. The van der Waals surface area contributed by atoms with Crippen molar-refractivity contribution < 1.29 is 4.79 Å². The van der Waals surface area contributed by atoms with Gasteiger partial charge in [0, 0.05) is 19.2 Å². The zero-order valence-electron chi connectivity index (χ0n) is 16.3. The maximum Gasteiger partial charge on any atom is 0.237 e. The third-order valence-corrected chi connectivity index (χ3v) is 5.58. The number of anilines is 1. The number of aromatic nitrogens is 4. The third kappa shape index (κ3) is 4.42. The van der Waals surface area contributed by atoms with Crippen LogP contribution in [0.15, 0.2) is 35.5 Å². The highest BCUT2D eigenvalue weighted by Crippen LogP contribution is 2.25. The molecule has 2 heterocycles. The van der Waals surface area contributed by atoms with Gasteiger partial charge in [0.05, 0.1) is 28.0 Å². The molecule has 2 N–H and O–H groups in total. The van der Waals surface area contributed by atoms with Crippen LogP contribution < -0.4 is 5.32 Å². The Balaban J connectivity index is 1.66. The standard InChI is InChI=1S/C20H25N5OS/c1-12-17(11-16-9-7-6-8-10-16)22-20(21-12)27-15(4)19(26)23-18-13(2)24-25(5)14(18)3/h6-10,15H,11H2,1-5H3,(H,21,22)(H,23,26). The van der Waals surface area contributed by atoms with Crippen LogP contribution in [0.25, 0.3) is 0 Å². The van der Waals surface area contributed by atoms with Crippen LogP contribution in [0.5, 0.6) is 0 Å². The van der Waals surface area contributed by atoms with Crippen LogP contribution in [-0.2, 0) is 18.3 Å². The summed E-state index contributed by atoms with van der Waals surface area (Å²) in [6.45, 7) is 7.74. The molecule has 142 valence electrons. The lowest BCUT2D eigenvalue weighted by Crippen LogP contribution is -2.23. The highest BCUT2D eigenvalue weighted by molar-refractivity contribution is 8.00. The first-order chi connectivity index (χ1) is 12.8. The van der Waals surface area contributed by atoms with Crippen molar-refractivity contribution >= 4 is 23.4 Å². The summed E-state index contributed by atoms with van der Waals surface area (Å²) in [6.07, 6.45) is 0.776. The fraction of sp³-hybridized carbons (Fsp3) is 0.350. The lowest BCUT2D eigenvalue weighted by atomic mass is 10.1. The summed E-state index contributed by atoms with van der Waals surface area (Å²) < 4.78 is 1.77. The van der Waals surface area contributed by atoms with Crippen molar-refractivity contribution in [2.24, 2.45) is 7.05 Å². The Labute approximate surface area is 163 Å². The number of thioether (sulfide) groups is 1. The van der Waals surface area contributed by atoms with Crippen LogP contribution in [0.2, 0.25) is 0 Å². The van der Waals surface area contributed by atoms with Crippen molar-refractivity contribution in [2.75, 3.05) is 5.32 Å². The monoisotopic (exact) mass is 383 g/mol. The van der Waals surface area contributed by atoms with Crippen LogP contribution in [0.1, 0.15) is 35.3 Å². The van der Waals surface area contributed by atoms with Gasteiger partial charge >= 0.3 is 0 Å². The summed E-state index contributed by atoms with van der Waals surface area (Å²) >= 11 is 1.43. The first-order valence-electron chi connectivity index (χ1n) is 8.92. The van der Waals surface area contributed by atoms with E-state index in [-0.39, 0.29) is 11.2 Å². The number of nitrogens with one attached hydrogen (secondary N) is 2. The van der Waals surface area contributed by atoms with Gasteiger partial charge in [0.1, 0.15) is 0 Å². The highest BCUT2D eigenvalue weighted by atomic mass is 32.2. The molecule has 1 amide bonds. The molecule has 6 nitrogen and oxygen atoms in total. The van der Waals surface area contributed by atoms with E-state index >= 15 is 0 Å². The lowest BCUT2D eigenvalue weighted by Gasteiger charge is -2.11. The van der Waals surface area contributed by atoms with Gasteiger partial charge in [0.15, 0.2) is 5.16 Å². The molecule has 0 bridgehead atoms. The number of amides is 1. The summed E-state index contributed by atoms with van der Waals surface area (Å²) in [5.41, 5.74) is 5.81. The van der Waals surface area contributed by atoms with E-state index in [4.69, 9.17) is 0 Å². The SMILES string of the molecule is Cc1nn(C)c(C)c1NC(=O)C(C)Sc1nc(Cc2ccccc2)c(C)[nH]1. The second-order valence-electron chi connectivity index (χ2n) is 6.69. The van der Waals surface area contributed by atoms with Gasteiger partial charge in [-0.3, -0.25) is 9.48 Å². The minimum atomic E-state index is -0.279. The molecule has 0 saturated heterocycles. The quantitative estimate of drug-likeness (QED) is 0.635. The zero-order valence-corrected chi connectivity index (χ0v) is 17.1. The zero-order chi connectivity index (χ0) is 19.6. The van der Waals surface area contributed by atoms with Gasteiger partial charge in [-0.25, -0.2) is 4.98 Å². The largest absolute Gasteiger partial charge is 0.337 e. The molecule has 1 atom stereocenters. The van der Waals surface area contributed by atoms with Crippen LogP contribution in [0, 0.1) is 20.8 Å². The Morgan fingerprint density at radius 2 is 1.96 bits per heavy atom. The van der Waals surface area contributed by atoms with Gasteiger partial charge in [0.25, 0.3) is 0 Å². The molecule has 0 radical (unpaired) electrons. The molecule has 1 unspecified atom stereocenters. The number of carbonyl (C=O) groups excluding carboxylic acids is 1. The number of hydrogen-bond acceptors (Lipinski definition) is 4. The Kier molecular flexibility index (Phi) is 5.70. The number of imidazole rings is 1. The molecule has 0 aliphatic heterocycles. The van der Waals surface area contributed by atoms with E-state index in [1.165, 1.54) is 17.3 Å². The van der Waals surface area contributed by atoms with Crippen LogP contribution >= 0.6 is 11.8 Å². The van der Waals surface area contributed by atoms with E-state index < -0.39 is 0 Å². The van der Waals surface area contributed by atoms with Gasteiger partial charge in [-0.2, -0.15) is 5.10 Å². The Hall–Kier alpha value is -2.54. The number of aryl methyl sites for hydroxylation is 3. The summed E-state index contributed by atoms with van der Waals surface area (Å²) in [5.74, 6) is -0.0575. The molecule has 0 aliphatic rings. The Morgan fingerprint density at radius 3 is 2.59 bits per heavy atom. The van der Waals surface area contributed by atoms with Crippen LogP contribution in [0.4, 0.5) is 5.69 Å². The highest BCUT2D eigenvalue weighted by Gasteiger charge is 2.20. The van der Waals surface area contributed by atoms with Crippen LogP contribution in [0.3, 0.4) is 0 Å². The predicted molar refractivity (Wildman–Crippen MR) is 109 cm³/mol. The number of nitrogens with zero attached hydrogens (tertiary/aromatic N) is 3. The molecule has 1 aromatic carbocycles. The summed E-state index contributed by atoms with van der Waals surface area (Å²) in [5, 5.41) is 7.82. The molecule has 3 rings (SSSR count). The smallest absolute Gasteiger partial charge is 0.237 e. The number of rotatable bonds is 6. The van der Waals surface area contributed by atoms with Crippen molar-refractivity contribution in [1.82, 2.24) is 19.7 Å². The van der Waals surface area contributed by atoms with Gasteiger partial charge in [-0.15, -0.1) is 0 Å². The van der Waals surface area contributed by atoms with E-state index in [0.29, 0.717) is 0 Å². The van der Waals surface area contributed by atoms with Gasteiger partial charge in [0.2, 0.25) is 5.91 Å².